The van der Waals surface area contributed by atoms with Gasteiger partial charge in [0.1, 0.15) is 11.4 Å². The number of benzene rings is 2. The van der Waals surface area contributed by atoms with Crippen molar-refractivity contribution >= 4 is 22.4 Å². The predicted octanol–water partition coefficient (Wildman–Crippen LogP) is 3.85. The van der Waals surface area contributed by atoms with Gasteiger partial charge in [0.25, 0.3) is 5.91 Å². The lowest BCUT2D eigenvalue weighted by Crippen LogP contribution is -2.42. The summed E-state index contributed by atoms with van der Waals surface area (Å²) >= 11 is 0. The van der Waals surface area contributed by atoms with E-state index in [-0.39, 0.29) is 17.3 Å². The molecule has 1 saturated heterocycles. The van der Waals surface area contributed by atoms with Crippen LogP contribution in [0.2, 0.25) is 0 Å². The van der Waals surface area contributed by atoms with Crippen molar-refractivity contribution in [2.75, 3.05) is 20.2 Å². The van der Waals surface area contributed by atoms with Crippen molar-refractivity contribution < 1.29 is 14.6 Å². The van der Waals surface area contributed by atoms with Gasteiger partial charge in [-0.3, -0.25) is 10.2 Å². The first kappa shape index (κ1) is 22.8. The fraction of sp³-hybridized carbons (Fsp3) is 0.440. The Labute approximate surface area is 184 Å². The van der Waals surface area contributed by atoms with E-state index in [4.69, 9.17) is 15.9 Å². The normalized spacial score (nSPS) is 16.2. The number of piperidine rings is 1. The van der Waals surface area contributed by atoms with E-state index in [2.05, 4.69) is 0 Å². The van der Waals surface area contributed by atoms with Crippen LogP contribution in [0, 0.1) is 11.3 Å². The number of methoxy groups -OCH3 is 1. The number of rotatable bonds is 6. The topological polar surface area (TPSA) is 99.6 Å². The largest absolute Gasteiger partial charge is 0.497 e. The molecule has 31 heavy (non-hydrogen) atoms. The van der Waals surface area contributed by atoms with Crippen LogP contribution in [0.5, 0.6) is 5.75 Å². The number of nitrogens with one attached hydrogen (secondary N) is 1. The van der Waals surface area contributed by atoms with Gasteiger partial charge in [-0.05, 0) is 74.9 Å². The summed E-state index contributed by atoms with van der Waals surface area (Å²) in [5.41, 5.74) is 7.10. The minimum atomic E-state index is -0.688. The van der Waals surface area contributed by atoms with Gasteiger partial charge < -0.3 is 20.5 Å². The molecule has 0 spiro atoms. The monoisotopic (exact) mass is 423 g/mol. The minimum Gasteiger partial charge on any atom is -0.497 e. The first-order valence-corrected chi connectivity index (χ1v) is 10.7. The average Bonchev–Trinajstić information content (AvgIpc) is 2.75. The summed E-state index contributed by atoms with van der Waals surface area (Å²) in [6.07, 6.45) is 2.44. The Kier molecular flexibility index (Phi) is 6.70. The molecule has 0 aromatic heterocycles. The molecule has 0 unspecified atom stereocenters. The van der Waals surface area contributed by atoms with Crippen LogP contribution in [0.3, 0.4) is 0 Å². The first-order chi connectivity index (χ1) is 14.6. The Morgan fingerprint density at radius 2 is 1.81 bits per heavy atom. The number of carbonyl (C=O) groups excluding carboxylic acids is 1. The summed E-state index contributed by atoms with van der Waals surface area (Å²) in [6, 6.07) is 11.5. The lowest BCUT2D eigenvalue weighted by atomic mass is 9.86. The number of hydrogen-bond acceptors (Lipinski definition) is 5. The lowest BCUT2D eigenvalue weighted by Gasteiger charge is -2.34. The maximum absolute atomic E-state index is 12.9. The molecule has 0 atom stereocenters. The number of likely N-dealkylation sites (tertiary alicyclic amines) is 1. The number of fused-ring (bicyclic) bond motifs is 1. The molecular weight excluding hydrogens is 390 g/mol. The van der Waals surface area contributed by atoms with E-state index in [1.54, 1.807) is 18.9 Å². The fourth-order valence-corrected chi connectivity index (χ4v) is 4.23. The number of ether oxygens (including phenoxy) is 1. The van der Waals surface area contributed by atoms with Gasteiger partial charge >= 0.3 is 0 Å². The number of allylic oxidation sites excluding steroid dienone is 1. The first-order valence-electron chi connectivity index (χ1n) is 10.7. The second-order valence-corrected chi connectivity index (χ2v) is 9.09. The van der Waals surface area contributed by atoms with E-state index in [0.717, 1.165) is 41.3 Å². The van der Waals surface area contributed by atoms with Crippen LogP contribution in [0.4, 0.5) is 0 Å². The number of amides is 1. The molecule has 1 fully saturated rings. The SMILES string of the molecule is COc1ccc2cc(C(=N)/C(C)=C(\N)C(=O)N3CCC(CC(C)(C)O)CC3)ccc2c1. The highest BCUT2D eigenvalue weighted by Crippen LogP contribution is 2.27. The molecule has 0 bridgehead atoms. The van der Waals surface area contributed by atoms with Crippen molar-refractivity contribution in [3.63, 3.8) is 0 Å². The number of carbonyl (C=O) groups is 1. The molecule has 2 aromatic carbocycles. The second-order valence-electron chi connectivity index (χ2n) is 9.09. The Morgan fingerprint density at radius 1 is 1.19 bits per heavy atom. The van der Waals surface area contributed by atoms with Crippen molar-refractivity contribution in [1.82, 2.24) is 4.90 Å². The molecule has 6 heteroatoms. The van der Waals surface area contributed by atoms with Crippen LogP contribution in [0.15, 0.2) is 47.7 Å². The number of aliphatic hydroxyl groups is 1. The smallest absolute Gasteiger partial charge is 0.270 e. The summed E-state index contributed by atoms with van der Waals surface area (Å²) in [4.78, 5) is 14.7. The zero-order chi connectivity index (χ0) is 22.8. The van der Waals surface area contributed by atoms with Crippen LogP contribution in [-0.2, 0) is 4.79 Å². The van der Waals surface area contributed by atoms with Gasteiger partial charge in [-0.1, -0.05) is 18.2 Å². The third kappa shape index (κ3) is 5.44. The zero-order valence-electron chi connectivity index (χ0n) is 18.9. The third-order valence-corrected chi connectivity index (χ3v) is 6.04. The van der Waals surface area contributed by atoms with Crippen LogP contribution in [0.25, 0.3) is 10.8 Å². The van der Waals surface area contributed by atoms with Crippen molar-refractivity contribution in [2.24, 2.45) is 11.7 Å². The number of nitrogens with zero attached hydrogens (tertiary/aromatic N) is 1. The quantitative estimate of drug-likeness (QED) is 0.485. The fourth-order valence-electron chi connectivity index (χ4n) is 4.23. The van der Waals surface area contributed by atoms with E-state index >= 15 is 0 Å². The van der Waals surface area contributed by atoms with Gasteiger partial charge in [0, 0.05) is 24.2 Å². The average molecular weight is 424 g/mol. The molecular formula is C25H33N3O3. The summed E-state index contributed by atoms with van der Waals surface area (Å²) in [6.45, 7) is 6.62. The van der Waals surface area contributed by atoms with Gasteiger partial charge in [-0.2, -0.15) is 0 Å². The van der Waals surface area contributed by atoms with Crippen LogP contribution in [-0.4, -0.2) is 47.4 Å². The molecule has 0 saturated carbocycles. The summed E-state index contributed by atoms with van der Waals surface area (Å²) in [5.74, 6) is 0.979. The minimum absolute atomic E-state index is 0.126. The molecule has 1 aliphatic rings. The molecule has 0 aliphatic carbocycles. The number of hydrogen-bond donors (Lipinski definition) is 3. The standard InChI is InChI=1S/C25H33N3O3/c1-16(22(26)20-6-5-19-14-21(31-4)8-7-18(19)13-20)23(27)24(29)28-11-9-17(10-12-28)15-25(2,3)30/h5-8,13-14,17,26,30H,9-12,15,27H2,1-4H3/b23-16-,26-22?. The molecule has 1 heterocycles. The maximum atomic E-state index is 12.9. The van der Waals surface area contributed by atoms with Crippen LogP contribution in [0.1, 0.15) is 45.6 Å². The van der Waals surface area contributed by atoms with E-state index in [0.29, 0.717) is 24.6 Å². The highest BCUT2D eigenvalue weighted by atomic mass is 16.5. The summed E-state index contributed by atoms with van der Waals surface area (Å²) in [5, 5.41) is 20.6. The molecule has 0 radical (unpaired) electrons. The summed E-state index contributed by atoms with van der Waals surface area (Å²) < 4.78 is 5.26. The van der Waals surface area contributed by atoms with E-state index in [1.807, 2.05) is 50.2 Å². The third-order valence-electron chi connectivity index (χ3n) is 6.04. The van der Waals surface area contributed by atoms with Crippen molar-refractivity contribution in [3.8, 4) is 5.75 Å². The second kappa shape index (κ2) is 9.10. The summed E-state index contributed by atoms with van der Waals surface area (Å²) in [7, 11) is 1.63. The molecule has 6 nitrogen and oxygen atoms in total. The van der Waals surface area contributed by atoms with Gasteiger partial charge in [0.2, 0.25) is 0 Å². The van der Waals surface area contributed by atoms with E-state index < -0.39 is 5.60 Å². The Balaban J connectivity index is 1.72. The van der Waals surface area contributed by atoms with Gasteiger partial charge in [0.15, 0.2) is 0 Å². The van der Waals surface area contributed by atoms with Crippen LogP contribution < -0.4 is 10.5 Å². The maximum Gasteiger partial charge on any atom is 0.270 e. The van der Waals surface area contributed by atoms with Crippen molar-refractivity contribution in [2.45, 2.75) is 45.6 Å². The molecule has 3 rings (SSSR count). The van der Waals surface area contributed by atoms with E-state index in [9.17, 15) is 9.90 Å². The Bertz CT molecular complexity index is 1010. The number of nitrogens with two attached hydrogens (primary N) is 1. The molecule has 1 aliphatic heterocycles. The molecule has 166 valence electrons. The molecule has 2 aromatic rings. The Hall–Kier alpha value is -2.86. The predicted molar refractivity (Wildman–Crippen MR) is 124 cm³/mol. The van der Waals surface area contributed by atoms with Gasteiger partial charge in [0.05, 0.1) is 18.4 Å². The van der Waals surface area contributed by atoms with Crippen molar-refractivity contribution in [1.29, 1.82) is 5.41 Å². The highest BCUT2D eigenvalue weighted by Gasteiger charge is 2.28. The van der Waals surface area contributed by atoms with Crippen LogP contribution >= 0.6 is 0 Å². The highest BCUT2D eigenvalue weighted by molar-refractivity contribution is 6.15. The molecule has 1 amide bonds. The van der Waals surface area contributed by atoms with E-state index in [1.165, 1.54) is 0 Å². The lowest BCUT2D eigenvalue weighted by molar-refractivity contribution is -0.128. The Morgan fingerprint density at radius 3 is 2.42 bits per heavy atom. The van der Waals surface area contributed by atoms with Gasteiger partial charge in [-0.15, -0.1) is 0 Å². The zero-order valence-corrected chi connectivity index (χ0v) is 18.9. The van der Waals surface area contributed by atoms with Gasteiger partial charge in [-0.25, -0.2) is 0 Å². The van der Waals surface area contributed by atoms with Crippen molar-refractivity contribution in [3.05, 3.63) is 53.2 Å². The molecule has 4 N–H and O–H groups in total.